The van der Waals surface area contributed by atoms with Gasteiger partial charge in [-0.25, -0.2) is 4.79 Å². The van der Waals surface area contributed by atoms with Crippen molar-refractivity contribution in [1.82, 2.24) is 10.2 Å². The SMILES string of the molecule is CC(C)(CCc1ccccc1)N1C(=O)CNC1=O. The third-order valence-corrected chi connectivity index (χ3v) is 3.32. The second-order valence-electron chi connectivity index (χ2n) is 5.19. The summed E-state index contributed by atoms with van der Waals surface area (Å²) < 4.78 is 0. The molecule has 4 heteroatoms. The van der Waals surface area contributed by atoms with E-state index < -0.39 is 5.54 Å². The van der Waals surface area contributed by atoms with E-state index in [4.69, 9.17) is 0 Å². The van der Waals surface area contributed by atoms with E-state index >= 15 is 0 Å². The smallest absolute Gasteiger partial charge is 0.325 e. The number of aryl methyl sites for hydroxylation is 1. The Labute approximate surface area is 107 Å². The zero-order valence-corrected chi connectivity index (χ0v) is 10.8. The van der Waals surface area contributed by atoms with Gasteiger partial charge in [-0.2, -0.15) is 0 Å². The third kappa shape index (κ3) is 2.53. The van der Waals surface area contributed by atoms with Crippen LogP contribution in [0.1, 0.15) is 25.8 Å². The Kier molecular flexibility index (Phi) is 3.36. The Morgan fingerprint density at radius 1 is 1.22 bits per heavy atom. The van der Waals surface area contributed by atoms with Crippen molar-refractivity contribution in [1.29, 1.82) is 0 Å². The Morgan fingerprint density at radius 2 is 1.89 bits per heavy atom. The molecule has 4 nitrogen and oxygen atoms in total. The van der Waals surface area contributed by atoms with E-state index in [2.05, 4.69) is 17.4 Å². The van der Waals surface area contributed by atoms with Crippen LogP contribution < -0.4 is 5.32 Å². The average Bonchev–Trinajstić information content (AvgIpc) is 2.69. The van der Waals surface area contributed by atoms with Gasteiger partial charge in [-0.15, -0.1) is 0 Å². The van der Waals surface area contributed by atoms with Crippen LogP contribution in [0.2, 0.25) is 0 Å². The van der Waals surface area contributed by atoms with E-state index in [1.54, 1.807) is 0 Å². The van der Waals surface area contributed by atoms with Gasteiger partial charge in [0.05, 0.1) is 6.54 Å². The molecule has 0 saturated carbocycles. The third-order valence-electron chi connectivity index (χ3n) is 3.32. The molecule has 0 bridgehead atoms. The second kappa shape index (κ2) is 4.80. The van der Waals surface area contributed by atoms with Crippen LogP contribution in [0.25, 0.3) is 0 Å². The summed E-state index contributed by atoms with van der Waals surface area (Å²) in [5.74, 6) is -0.141. The summed E-state index contributed by atoms with van der Waals surface area (Å²) in [6.45, 7) is 3.98. The first-order valence-corrected chi connectivity index (χ1v) is 6.15. The zero-order valence-electron chi connectivity index (χ0n) is 10.8. The Hall–Kier alpha value is -1.84. The summed E-state index contributed by atoms with van der Waals surface area (Å²) in [7, 11) is 0. The van der Waals surface area contributed by atoms with E-state index in [9.17, 15) is 9.59 Å². The predicted molar refractivity (Wildman–Crippen MR) is 69.1 cm³/mol. The molecule has 0 radical (unpaired) electrons. The molecule has 1 fully saturated rings. The van der Waals surface area contributed by atoms with Crippen LogP contribution in [0, 0.1) is 0 Å². The summed E-state index contributed by atoms with van der Waals surface area (Å²) in [5, 5.41) is 2.56. The topological polar surface area (TPSA) is 49.4 Å². The zero-order chi connectivity index (χ0) is 13.2. The molecule has 0 aliphatic carbocycles. The van der Waals surface area contributed by atoms with Crippen LogP contribution in [0.5, 0.6) is 0 Å². The van der Waals surface area contributed by atoms with E-state index in [0.717, 1.165) is 12.8 Å². The summed E-state index contributed by atoms with van der Waals surface area (Å²) in [5.41, 5.74) is 0.769. The first-order valence-electron chi connectivity index (χ1n) is 6.15. The number of carbonyl (C=O) groups is 2. The number of hydrogen-bond acceptors (Lipinski definition) is 2. The van der Waals surface area contributed by atoms with Crippen LogP contribution in [0.4, 0.5) is 4.79 Å². The lowest BCUT2D eigenvalue weighted by Gasteiger charge is -2.33. The number of carbonyl (C=O) groups excluding carboxylic acids is 2. The monoisotopic (exact) mass is 246 g/mol. The van der Waals surface area contributed by atoms with Crippen LogP contribution >= 0.6 is 0 Å². The summed E-state index contributed by atoms with van der Waals surface area (Å²) in [6, 6.07) is 9.81. The summed E-state index contributed by atoms with van der Waals surface area (Å²) in [4.78, 5) is 24.7. The van der Waals surface area contributed by atoms with Crippen molar-refractivity contribution in [3.8, 4) is 0 Å². The quantitative estimate of drug-likeness (QED) is 0.825. The fourth-order valence-corrected chi connectivity index (χ4v) is 2.24. The molecule has 0 atom stereocenters. The Morgan fingerprint density at radius 3 is 2.44 bits per heavy atom. The number of hydrogen-bond donors (Lipinski definition) is 1. The number of amides is 3. The lowest BCUT2D eigenvalue weighted by atomic mass is 9.93. The minimum absolute atomic E-state index is 0.119. The lowest BCUT2D eigenvalue weighted by Crippen LogP contribution is -2.48. The van der Waals surface area contributed by atoms with Gasteiger partial charge in [-0.05, 0) is 32.3 Å². The van der Waals surface area contributed by atoms with Gasteiger partial charge in [0.1, 0.15) is 0 Å². The summed E-state index contributed by atoms with van der Waals surface area (Å²) in [6.07, 6.45) is 1.61. The van der Waals surface area contributed by atoms with Gasteiger partial charge in [0.2, 0.25) is 0 Å². The molecule has 0 spiro atoms. The van der Waals surface area contributed by atoms with Crippen molar-refractivity contribution < 1.29 is 9.59 Å². The molecule has 1 aromatic rings. The Balaban J connectivity index is 2.03. The van der Waals surface area contributed by atoms with Gasteiger partial charge in [0.15, 0.2) is 0 Å². The minimum Gasteiger partial charge on any atom is -0.329 e. The van der Waals surface area contributed by atoms with Gasteiger partial charge in [-0.3, -0.25) is 9.69 Å². The molecule has 96 valence electrons. The number of urea groups is 1. The predicted octanol–water partition coefficient (Wildman–Crippen LogP) is 1.95. The number of imide groups is 1. The molecular formula is C14H18N2O2. The molecule has 3 amide bonds. The van der Waals surface area contributed by atoms with E-state index in [0.29, 0.717) is 0 Å². The number of rotatable bonds is 4. The van der Waals surface area contributed by atoms with Crippen LogP contribution in [0.3, 0.4) is 0 Å². The number of nitrogens with one attached hydrogen (secondary N) is 1. The molecule has 2 rings (SSSR count). The van der Waals surface area contributed by atoms with Gasteiger partial charge in [0.25, 0.3) is 5.91 Å². The van der Waals surface area contributed by atoms with Crippen molar-refractivity contribution in [2.75, 3.05) is 6.54 Å². The fraction of sp³-hybridized carbons (Fsp3) is 0.429. The standard InChI is InChI=1S/C14H18N2O2/c1-14(2,16-12(17)10-15-13(16)18)9-8-11-6-4-3-5-7-11/h3-7H,8-10H2,1-2H3,(H,15,18). The average molecular weight is 246 g/mol. The molecule has 1 aliphatic rings. The van der Waals surface area contributed by atoms with Crippen molar-refractivity contribution in [2.45, 2.75) is 32.2 Å². The van der Waals surface area contributed by atoms with Crippen molar-refractivity contribution in [2.24, 2.45) is 0 Å². The minimum atomic E-state index is -0.451. The maximum atomic E-state index is 11.7. The van der Waals surface area contributed by atoms with Crippen LogP contribution in [-0.2, 0) is 11.2 Å². The lowest BCUT2D eigenvalue weighted by molar-refractivity contribution is -0.128. The van der Waals surface area contributed by atoms with Gasteiger partial charge < -0.3 is 5.32 Å². The highest BCUT2D eigenvalue weighted by molar-refractivity contribution is 6.02. The molecule has 1 N–H and O–H groups in total. The highest BCUT2D eigenvalue weighted by Gasteiger charge is 2.39. The first-order chi connectivity index (χ1) is 8.50. The molecule has 1 aromatic carbocycles. The molecule has 1 heterocycles. The molecule has 18 heavy (non-hydrogen) atoms. The normalized spacial score (nSPS) is 16.0. The highest BCUT2D eigenvalue weighted by atomic mass is 16.2. The summed E-state index contributed by atoms with van der Waals surface area (Å²) >= 11 is 0. The van der Waals surface area contributed by atoms with Gasteiger partial charge >= 0.3 is 6.03 Å². The molecule has 0 unspecified atom stereocenters. The van der Waals surface area contributed by atoms with E-state index in [1.807, 2.05) is 32.0 Å². The van der Waals surface area contributed by atoms with Crippen molar-refractivity contribution in [3.05, 3.63) is 35.9 Å². The number of benzene rings is 1. The van der Waals surface area contributed by atoms with Crippen LogP contribution in [-0.4, -0.2) is 28.9 Å². The van der Waals surface area contributed by atoms with Gasteiger partial charge in [0, 0.05) is 5.54 Å². The molecule has 1 saturated heterocycles. The fourth-order valence-electron chi connectivity index (χ4n) is 2.24. The van der Waals surface area contributed by atoms with E-state index in [1.165, 1.54) is 10.5 Å². The second-order valence-corrected chi connectivity index (χ2v) is 5.19. The highest BCUT2D eigenvalue weighted by Crippen LogP contribution is 2.23. The molecule has 1 aliphatic heterocycles. The molecular weight excluding hydrogens is 228 g/mol. The van der Waals surface area contributed by atoms with E-state index in [-0.39, 0.29) is 18.5 Å². The maximum Gasteiger partial charge on any atom is 0.325 e. The largest absolute Gasteiger partial charge is 0.329 e. The molecule has 0 aromatic heterocycles. The Bertz CT molecular complexity index is 438. The maximum absolute atomic E-state index is 11.7. The first kappa shape index (κ1) is 12.6. The van der Waals surface area contributed by atoms with Crippen molar-refractivity contribution >= 4 is 11.9 Å². The van der Waals surface area contributed by atoms with Crippen LogP contribution in [0.15, 0.2) is 30.3 Å². The van der Waals surface area contributed by atoms with Gasteiger partial charge in [-0.1, -0.05) is 30.3 Å². The van der Waals surface area contributed by atoms with Crippen molar-refractivity contribution in [3.63, 3.8) is 0 Å². The number of nitrogens with zero attached hydrogens (tertiary/aromatic N) is 1.